The van der Waals surface area contributed by atoms with E-state index in [1.165, 1.54) is 12.8 Å². The van der Waals surface area contributed by atoms with Crippen LogP contribution in [0.2, 0.25) is 5.02 Å². The van der Waals surface area contributed by atoms with E-state index < -0.39 is 0 Å². The number of hydrogen-bond acceptors (Lipinski definition) is 5. The van der Waals surface area contributed by atoms with E-state index in [1.807, 2.05) is 24.3 Å². The first kappa shape index (κ1) is 18.3. The third-order valence-electron chi connectivity index (χ3n) is 5.16. The number of likely N-dealkylation sites (tertiary alicyclic amines) is 1. The Morgan fingerprint density at radius 1 is 1.41 bits per heavy atom. The van der Waals surface area contributed by atoms with Crippen molar-refractivity contribution in [3.05, 3.63) is 35.2 Å². The maximum atomic E-state index is 6.02. The van der Waals surface area contributed by atoms with E-state index in [0.717, 1.165) is 30.5 Å². The number of aromatic nitrogens is 2. The second-order valence-corrected chi connectivity index (χ2v) is 7.74. The molecule has 1 aliphatic heterocycles. The molecule has 4 rings (SSSR count). The fraction of sp³-hybridized carbons (Fsp3) is 0.526. The Labute approximate surface area is 164 Å². The van der Waals surface area contributed by atoms with E-state index in [1.54, 1.807) is 7.05 Å². The Bertz CT molecular complexity index is 818. The van der Waals surface area contributed by atoms with Crippen LogP contribution in [0.1, 0.15) is 32.1 Å². The van der Waals surface area contributed by atoms with E-state index in [-0.39, 0.29) is 0 Å². The molecule has 2 heterocycles. The summed E-state index contributed by atoms with van der Waals surface area (Å²) in [4.78, 5) is 11.4. The second kappa shape index (κ2) is 7.86. The molecule has 8 heteroatoms. The number of halogens is 1. The summed E-state index contributed by atoms with van der Waals surface area (Å²) in [6.45, 7) is 3.81. The third-order valence-corrected chi connectivity index (χ3v) is 5.40. The smallest absolute Gasteiger partial charge is 0.246 e. The van der Waals surface area contributed by atoms with Crippen LogP contribution < -0.4 is 10.6 Å². The van der Waals surface area contributed by atoms with Gasteiger partial charge < -0.3 is 15.2 Å². The molecule has 0 spiro atoms. The molecule has 1 saturated carbocycles. The fourth-order valence-corrected chi connectivity index (χ4v) is 3.88. The van der Waals surface area contributed by atoms with Crippen molar-refractivity contribution in [3.63, 3.8) is 0 Å². The molecule has 2 aliphatic rings. The second-order valence-electron chi connectivity index (χ2n) is 7.30. The highest BCUT2D eigenvalue weighted by Crippen LogP contribution is 2.33. The van der Waals surface area contributed by atoms with E-state index in [4.69, 9.17) is 16.1 Å². The lowest BCUT2D eigenvalue weighted by Gasteiger charge is -2.20. The highest BCUT2D eigenvalue weighted by Gasteiger charge is 2.38. The van der Waals surface area contributed by atoms with Crippen molar-refractivity contribution < 1.29 is 4.52 Å². The number of aliphatic imine (C=N–C) groups is 1. The van der Waals surface area contributed by atoms with Gasteiger partial charge in [-0.2, -0.15) is 4.98 Å². The predicted molar refractivity (Wildman–Crippen MR) is 106 cm³/mol. The molecule has 7 nitrogen and oxygen atoms in total. The maximum Gasteiger partial charge on any atom is 0.246 e. The minimum atomic E-state index is 0.413. The molecule has 0 amide bonds. The molecular weight excluding hydrogens is 364 g/mol. The summed E-state index contributed by atoms with van der Waals surface area (Å²) in [6.07, 6.45) is 3.82. The lowest BCUT2D eigenvalue weighted by molar-refractivity contribution is 0.256. The lowest BCUT2D eigenvalue weighted by atomic mass is 10.2. The Hall–Kier alpha value is -2.12. The summed E-state index contributed by atoms with van der Waals surface area (Å²) in [5.74, 6) is 1.79. The molecular formula is C19H25ClN6O. The Morgan fingerprint density at radius 2 is 2.26 bits per heavy atom. The van der Waals surface area contributed by atoms with E-state index in [0.29, 0.717) is 35.4 Å². The van der Waals surface area contributed by atoms with Crippen molar-refractivity contribution >= 4 is 17.6 Å². The quantitative estimate of drug-likeness (QED) is 0.605. The largest absolute Gasteiger partial charge is 0.352 e. The predicted octanol–water partition coefficient (Wildman–Crippen LogP) is 2.68. The zero-order valence-electron chi connectivity index (χ0n) is 15.7. The van der Waals surface area contributed by atoms with Gasteiger partial charge in [-0.1, -0.05) is 28.9 Å². The summed E-state index contributed by atoms with van der Waals surface area (Å²) in [6, 6.07) is 9.24. The zero-order valence-corrected chi connectivity index (χ0v) is 16.4. The first-order chi connectivity index (χ1) is 13.1. The Kier molecular flexibility index (Phi) is 5.31. The molecule has 1 aromatic carbocycles. The summed E-state index contributed by atoms with van der Waals surface area (Å²) in [7, 11) is 1.78. The summed E-state index contributed by atoms with van der Waals surface area (Å²) < 4.78 is 5.34. The first-order valence-electron chi connectivity index (χ1n) is 9.44. The van der Waals surface area contributed by atoms with Crippen molar-refractivity contribution in [3.8, 4) is 11.4 Å². The molecule has 2 aromatic rings. The number of benzene rings is 1. The van der Waals surface area contributed by atoms with Gasteiger partial charge in [-0.3, -0.25) is 9.89 Å². The molecule has 1 aliphatic carbocycles. The van der Waals surface area contributed by atoms with Crippen LogP contribution in [0.5, 0.6) is 0 Å². The van der Waals surface area contributed by atoms with Gasteiger partial charge in [-0.05, 0) is 38.3 Å². The Balaban J connectivity index is 1.31. The highest BCUT2D eigenvalue weighted by atomic mass is 35.5. The van der Waals surface area contributed by atoms with Crippen LogP contribution in [0, 0.1) is 0 Å². The van der Waals surface area contributed by atoms with E-state index >= 15 is 0 Å². The minimum Gasteiger partial charge on any atom is -0.352 e. The molecule has 1 saturated heterocycles. The molecule has 27 heavy (non-hydrogen) atoms. The lowest BCUT2D eigenvalue weighted by Crippen LogP contribution is -2.44. The van der Waals surface area contributed by atoms with Gasteiger partial charge in [-0.25, -0.2) is 0 Å². The monoisotopic (exact) mass is 388 g/mol. The van der Waals surface area contributed by atoms with Crippen molar-refractivity contribution in [2.75, 3.05) is 13.6 Å². The average molecular weight is 389 g/mol. The molecule has 144 valence electrons. The van der Waals surface area contributed by atoms with Crippen LogP contribution in [0.3, 0.4) is 0 Å². The normalized spacial score (nSPS) is 23.6. The highest BCUT2D eigenvalue weighted by molar-refractivity contribution is 6.30. The van der Waals surface area contributed by atoms with Crippen LogP contribution >= 0.6 is 11.6 Å². The van der Waals surface area contributed by atoms with Crippen molar-refractivity contribution in [1.82, 2.24) is 25.7 Å². The van der Waals surface area contributed by atoms with Crippen molar-refractivity contribution in [2.24, 2.45) is 4.99 Å². The number of hydrogen-bond donors (Lipinski definition) is 2. The number of rotatable bonds is 5. The van der Waals surface area contributed by atoms with Gasteiger partial charge in [0.05, 0.1) is 6.54 Å². The summed E-state index contributed by atoms with van der Waals surface area (Å²) in [5.41, 5.74) is 0.833. The molecule has 2 fully saturated rings. The van der Waals surface area contributed by atoms with Crippen LogP contribution in [0.25, 0.3) is 11.4 Å². The standard InChI is InChI=1S/C19H25ClN6O/c1-12-8-15(11-26(12)16-6-7-16)23-19(21-2)22-10-17-24-18(25-27-17)13-4-3-5-14(20)9-13/h3-5,9,12,15-16H,6-8,10-11H2,1-2H3,(H2,21,22,23). The SMILES string of the molecule is CN=C(NCc1nc(-c2cccc(Cl)c2)no1)NC1CC(C)N(C2CC2)C1. The van der Waals surface area contributed by atoms with Gasteiger partial charge >= 0.3 is 0 Å². The average Bonchev–Trinajstić information content (AvgIpc) is 3.27. The van der Waals surface area contributed by atoms with Gasteiger partial charge in [0, 0.05) is 42.3 Å². The molecule has 2 N–H and O–H groups in total. The third kappa shape index (κ3) is 4.42. The topological polar surface area (TPSA) is 78.6 Å². The van der Waals surface area contributed by atoms with Crippen molar-refractivity contribution in [2.45, 2.75) is 50.9 Å². The van der Waals surface area contributed by atoms with Gasteiger partial charge in [-0.15, -0.1) is 0 Å². The molecule has 2 unspecified atom stereocenters. The van der Waals surface area contributed by atoms with Gasteiger partial charge in [0.2, 0.25) is 11.7 Å². The number of nitrogens with zero attached hydrogens (tertiary/aromatic N) is 4. The van der Waals surface area contributed by atoms with Crippen molar-refractivity contribution in [1.29, 1.82) is 0 Å². The fourth-order valence-electron chi connectivity index (χ4n) is 3.69. The van der Waals surface area contributed by atoms with E-state index in [9.17, 15) is 0 Å². The summed E-state index contributed by atoms with van der Waals surface area (Å²) in [5, 5.41) is 11.5. The zero-order chi connectivity index (χ0) is 18.8. The molecule has 1 aromatic heterocycles. The van der Waals surface area contributed by atoms with Crippen LogP contribution in [0.15, 0.2) is 33.8 Å². The molecule has 0 bridgehead atoms. The van der Waals surface area contributed by atoms with Gasteiger partial charge in [0.1, 0.15) is 0 Å². The number of nitrogens with one attached hydrogen (secondary N) is 2. The van der Waals surface area contributed by atoms with Gasteiger partial charge in [0.25, 0.3) is 0 Å². The summed E-state index contributed by atoms with van der Waals surface area (Å²) >= 11 is 6.02. The van der Waals surface area contributed by atoms with Crippen LogP contribution in [-0.4, -0.2) is 52.7 Å². The molecule has 0 radical (unpaired) electrons. The van der Waals surface area contributed by atoms with Gasteiger partial charge in [0.15, 0.2) is 5.96 Å². The first-order valence-corrected chi connectivity index (χ1v) is 9.81. The van der Waals surface area contributed by atoms with Crippen LogP contribution in [-0.2, 0) is 6.54 Å². The van der Waals surface area contributed by atoms with E-state index in [2.05, 4.69) is 37.6 Å². The Morgan fingerprint density at radius 3 is 3.00 bits per heavy atom. The minimum absolute atomic E-state index is 0.413. The maximum absolute atomic E-state index is 6.02. The van der Waals surface area contributed by atoms with Crippen LogP contribution in [0.4, 0.5) is 0 Å². The molecule has 2 atom stereocenters. The number of guanidine groups is 1.